The molecule has 1 N–H and O–H groups in total. The zero-order valence-corrected chi connectivity index (χ0v) is 14.3. The van der Waals surface area contributed by atoms with Gasteiger partial charge in [-0.05, 0) is 35.9 Å². The first-order chi connectivity index (χ1) is 12.5. The monoisotopic (exact) mass is 371 g/mol. The van der Waals surface area contributed by atoms with E-state index in [2.05, 4.69) is 5.32 Å². The number of halogens is 1. The molecule has 132 valence electrons. The highest BCUT2D eigenvalue weighted by Crippen LogP contribution is 2.28. The van der Waals surface area contributed by atoms with Crippen LogP contribution in [0.1, 0.15) is 15.9 Å². The van der Waals surface area contributed by atoms with Gasteiger partial charge in [-0.25, -0.2) is 4.79 Å². The molecule has 7 heteroatoms. The third kappa shape index (κ3) is 4.29. The van der Waals surface area contributed by atoms with Crippen LogP contribution in [0.3, 0.4) is 0 Å². The van der Waals surface area contributed by atoms with Crippen LogP contribution in [0.5, 0.6) is 5.75 Å². The van der Waals surface area contributed by atoms with E-state index in [-0.39, 0.29) is 12.5 Å². The zero-order valence-electron chi connectivity index (χ0n) is 13.5. The summed E-state index contributed by atoms with van der Waals surface area (Å²) in [5.74, 6) is -0.862. The number of Topliss-reactive ketones (excluding diaryl/α,β-unsaturated/α-hetero) is 1. The Labute approximate surface area is 154 Å². The number of carbonyl (C=O) groups is 3. The number of benzene rings is 2. The number of hydrogen-bond donors (Lipinski definition) is 1. The largest absolute Gasteiger partial charge is 0.482 e. The molecule has 2 aromatic carbocycles. The van der Waals surface area contributed by atoms with E-state index in [1.165, 1.54) is 18.2 Å². The predicted molar refractivity (Wildman–Crippen MR) is 96.3 cm³/mol. The van der Waals surface area contributed by atoms with Gasteiger partial charge >= 0.3 is 5.97 Å². The van der Waals surface area contributed by atoms with Crippen molar-refractivity contribution in [1.82, 2.24) is 0 Å². The minimum atomic E-state index is -0.659. The maximum Gasteiger partial charge on any atom is 0.331 e. The minimum Gasteiger partial charge on any atom is -0.482 e. The molecule has 0 saturated heterocycles. The molecule has 2 aromatic rings. The molecule has 26 heavy (non-hydrogen) atoms. The summed E-state index contributed by atoms with van der Waals surface area (Å²) in [5.41, 5.74) is 1.39. The van der Waals surface area contributed by atoms with E-state index < -0.39 is 18.4 Å². The van der Waals surface area contributed by atoms with Gasteiger partial charge in [-0.3, -0.25) is 9.59 Å². The Kier molecular flexibility index (Phi) is 5.34. The fourth-order valence-corrected chi connectivity index (χ4v) is 2.49. The van der Waals surface area contributed by atoms with Crippen molar-refractivity contribution in [3.63, 3.8) is 0 Å². The summed E-state index contributed by atoms with van der Waals surface area (Å²) in [4.78, 5) is 35.3. The predicted octanol–water partition coefficient (Wildman–Crippen LogP) is 3.11. The molecule has 0 fully saturated rings. The number of hydrogen-bond acceptors (Lipinski definition) is 5. The molecule has 1 aliphatic heterocycles. The van der Waals surface area contributed by atoms with Gasteiger partial charge < -0.3 is 14.8 Å². The summed E-state index contributed by atoms with van der Waals surface area (Å²) in [7, 11) is 0. The maximum absolute atomic E-state index is 12.2. The molecule has 0 saturated carbocycles. The van der Waals surface area contributed by atoms with Crippen molar-refractivity contribution in [3.05, 3.63) is 64.7 Å². The summed E-state index contributed by atoms with van der Waals surface area (Å²) in [6, 6.07) is 11.6. The van der Waals surface area contributed by atoms with E-state index >= 15 is 0 Å². The molecule has 6 nitrogen and oxygen atoms in total. The Morgan fingerprint density at radius 3 is 2.85 bits per heavy atom. The van der Waals surface area contributed by atoms with Gasteiger partial charge in [-0.1, -0.05) is 29.8 Å². The number of carbonyl (C=O) groups excluding carboxylic acids is 3. The number of nitrogens with one attached hydrogen (secondary N) is 1. The molecular weight excluding hydrogens is 358 g/mol. The second-order valence-electron chi connectivity index (χ2n) is 5.43. The van der Waals surface area contributed by atoms with Crippen LogP contribution in [0.25, 0.3) is 6.08 Å². The van der Waals surface area contributed by atoms with Gasteiger partial charge in [0.15, 0.2) is 19.0 Å². The molecule has 0 bridgehead atoms. The van der Waals surface area contributed by atoms with Gasteiger partial charge in [0.05, 0.1) is 5.69 Å². The number of rotatable bonds is 5. The van der Waals surface area contributed by atoms with E-state index in [9.17, 15) is 14.4 Å². The van der Waals surface area contributed by atoms with Crippen molar-refractivity contribution < 1.29 is 23.9 Å². The molecule has 0 spiro atoms. The smallest absolute Gasteiger partial charge is 0.331 e. The first-order valence-corrected chi connectivity index (χ1v) is 8.10. The Hall–Kier alpha value is -3.12. The molecule has 3 rings (SSSR count). The van der Waals surface area contributed by atoms with Crippen molar-refractivity contribution in [2.24, 2.45) is 0 Å². The molecular formula is C19H14ClNO5. The van der Waals surface area contributed by atoms with Crippen LogP contribution in [-0.4, -0.2) is 30.9 Å². The van der Waals surface area contributed by atoms with Crippen molar-refractivity contribution in [3.8, 4) is 5.75 Å². The van der Waals surface area contributed by atoms with Crippen LogP contribution in [0.15, 0.2) is 48.5 Å². The molecule has 0 aromatic heterocycles. The maximum atomic E-state index is 12.2. The number of ether oxygens (including phenoxy) is 2. The number of fused-ring (bicyclic) bond motifs is 1. The van der Waals surface area contributed by atoms with Gasteiger partial charge in [-0.15, -0.1) is 0 Å². The van der Waals surface area contributed by atoms with Crippen molar-refractivity contribution in [2.45, 2.75) is 0 Å². The fraction of sp³-hybridized carbons (Fsp3) is 0.105. The standard InChI is InChI=1S/C19H14ClNO5/c20-14-4-2-1-3-12(14)6-8-19(24)26-10-16(22)13-5-7-17-15(9-13)21-18(23)11-25-17/h1-9H,10-11H2,(H,21,23)/b8-6+. The Balaban J connectivity index is 1.59. The van der Waals surface area contributed by atoms with Gasteiger partial charge in [0.25, 0.3) is 5.91 Å². The molecule has 0 unspecified atom stereocenters. The number of esters is 1. The summed E-state index contributed by atoms with van der Waals surface area (Å²) in [6.07, 6.45) is 2.72. The second kappa shape index (κ2) is 7.84. The van der Waals surface area contributed by atoms with Crippen molar-refractivity contribution in [2.75, 3.05) is 18.5 Å². The van der Waals surface area contributed by atoms with E-state index in [1.807, 2.05) is 0 Å². The normalized spacial score (nSPS) is 12.9. The molecule has 1 heterocycles. The van der Waals surface area contributed by atoms with E-state index in [4.69, 9.17) is 21.1 Å². The molecule has 0 atom stereocenters. The van der Waals surface area contributed by atoms with Crippen LogP contribution in [-0.2, 0) is 14.3 Å². The topological polar surface area (TPSA) is 81.7 Å². The zero-order chi connectivity index (χ0) is 18.5. The summed E-state index contributed by atoms with van der Waals surface area (Å²) in [6.45, 7) is -0.477. The van der Waals surface area contributed by atoms with Gasteiger partial charge in [0, 0.05) is 16.7 Å². The lowest BCUT2D eigenvalue weighted by Gasteiger charge is -2.18. The highest BCUT2D eigenvalue weighted by atomic mass is 35.5. The van der Waals surface area contributed by atoms with Crippen LogP contribution >= 0.6 is 11.6 Å². The SMILES string of the molecule is O=C1COc2ccc(C(=O)COC(=O)/C=C/c3ccccc3Cl)cc2N1. The van der Waals surface area contributed by atoms with E-state index in [0.717, 1.165) is 0 Å². The first kappa shape index (κ1) is 17.7. The molecule has 0 aliphatic carbocycles. The van der Waals surface area contributed by atoms with E-state index in [0.29, 0.717) is 27.6 Å². The lowest BCUT2D eigenvalue weighted by molar-refractivity contribution is -0.136. The highest BCUT2D eigenvalue weighted by molar-refractivity contribution is 6.32. The Morgan fingerprint density at radius 1 is 1.23 bits per heavy atom. The third-order valence-corrected chi connectivity index (χ3v) is 3.93. The number of ketones is 1. The average molecular weight is 372 g/mol. The quantitative estimate of drug-likeness (QED) is 0.496. The molecule has 0 radical (unpaired) electrons. The lowest BCUT2D eigenvalue weighted by atomic mass is 10.1. The van der Waals surface area contributed by atoms with Crippen molar-refractivity contribution in [1.29, 1.82) is 0 Å². The van der Waals surface area contributed by atoms with Gasteiger partial charge in [0.2, 0.25) is 0 Å². The Bertz CT molecular complexity index is 907. The summed E-state index contributed by atoms with van der Waals surface area (Å²) >= 11 is 5.99. The molecule has 1 aliphatic rings. The fourth-order valence-electron chi connectivity index (χ4n) is 2.29. The second-order valence-corrected chi connectivity index (χ2v) is 5.84. The summed E-state index contributed by atoms with van der Waals surface area (Å²) < 4.78 is 10.2. The number of amides is 1. The minimum absolute atomic E-state index is 0.0598. The van der Waals surface area contributed by atoms with Crippen LogP contribution in [0, 0.1) is 0 Å². The first-order valence-electron chi connectivity index (χ1n) is 7.72. The van der Waals surface area contributed by atoms with Gasteiger partial charge in [-0.2, -0.15) is 0 Å². The Morgan fingerprint density at radius 2 is 2.04 bits per heavy atom. The molecule has 1 amide bonds. The third-order valence-electron chi connectivity index (χ3n) is 3.58. The van der Waals surface area contributed by atoms with Gasteiger partial charge in [0.1, 0.15) is 5.75 Å². The summed E-state index contributed by atoms with van der Waals surface area (Å²) in [5, 5.41) is 3.12. The number of anilines is 1. The van der Waals surface area contributed by atoms with Crippen molar-refractivity contribution >= 4 is 41.0 Å². The van der Waals surface area contributed by atoms with Crippen LogP contribution < -0.4 is 10.1 Å². The lowest BCUT2D eigenvalue weighted by Crippen LogP contribution is -2.25. The van der Waals surface area contributed by atoms with Crippen LogP contribution in [0.4, 0.5) is 5.69 Å². The average Bonchev–Trinajstić information content (AvgIpc) is 2.64. The van der Waals surface area contributed by atoms with E-state index in [1.54, 1.807) is 36.4 Å². The van der Waals surface area contributed by atoms with Crippen LogP contribution in [0.2, 0.25) is 5.02 Å². The highest BCUT2D eigenvalue weighted by Gasteiger charge is 2.18.